The maximum atomic E-state index is 6.56. The number of nitrogens with zero attached hydrogens (tertiary/aromatic N) is 3. The topological polar surface area (TPSA) is 28.6 Å². The van der Waals surface area contributed by atoms with Crippen molar-refractivity contribution in [2.75, 3.05) is 9.80 Å². The van der Waals surface area contributed by atoms with E-state index < -0.39 is 0 Å². The molecule has 8 aromatic rings. The summed E-state index contributed by atoms with van der Waals surface area (Å²) in [7, 11) is 0. The standard InChI is InChI=1S/C42H30N3OS2.Pt/c1-42(2,3)29-16-18-43-35(22-29)41-33-24-38-27(17-19-47-38)20-28(33)21-39-34(41)25-40(48-39)46-32-13-9-12-31(23-32)45-26-44(30-10-5-4-6-11-30)36-14-7-8-15-37(36)45;/h4-22,24,26H,1-3H3;/q-3;. The first kappa shape index (κ1) is 31.8. The van der Waals surface area contributed by atoms with Crippen molar-refractivity contribution in [3.63, 3.8) is 0 Å². The molecule has 3 aromatic heterocycles. The van der Waals surface area contributed by atoms with Crippen LogP contribution in [-0.4, -0.2) is 4.98 Å². The Labute approximate surface area is 308 Å². The van der Waals surface area contributed by atoms with Gasteiger partial charge in [0.2, 0.25) is 0 Å². The number of para-hydroxylation sites is 3. The summed E-state index contributed by atoms with van der Waals surface area (Å²) in [6, 6.07) is 45.4. The predicted octanol–water partition coefficient (Wildman–Crippen LogP) is 12.4. The Morgan fingerprint density at radius 3 is 2.37 bits per heavy atom. The fourth-order valence-corrected chi connectivity index (χ4v) is 8.18. The third-order valence-electron chi connectivity index (χ3n) is 8.87. The Morgan fingerprint density at radius 1 is 0.755 bits per heavy atom. The summed E-state index contributed by atoms with van der Waals surface area (Å²) in [5.41, 5.74) is 7.50. The van der Waals surface area contributed by atoms with Crippen LogP contribution in [0.15, 0.2) is 121 Å². The van der Waals surface area contributed by atoms with Crippen molar-refractivity contribution < 1.29 is 25.8 Å². The second kappa shape index (κ2) is 12.4. The SMILES string of the molecule is CC(C)(C)c1ccnc(-c2c3[c-]c(Oc4[c-]c(N5[CH-]N(c6ccccc6)c6ccccc65)ccc4)sc3cc3cc4ccsc4cc23)c1.[Pt]. The quantitative estimate of drug-likeness (QED) is 0.161. The van der Waals surface area contributed by atoms with E-state index in [1.54, 1.807) is 22.7 Å². The fraction of sp³-hybridized carbons (Fsp3) is 0.0952. The van der Waals surface area contributed by atoms with Gasteiger partial charge >= 0.3 is 0 Å². The third kappa shape index (κ3) is 5.72. The third-order valence-corrected chi connectivity index (χ3v) is 10.7. The summed E-state index contributed by atoms with van der Waals surface area (Å²) >= 11 is 3.37. The molecule has 5 aromatic carbocycles. The monoisotopic (exact) mass is 851 g/mol. The van der Waals surface area contributed by atoms with Crippen LogP contribution in [0.1, 0.15) is 26.3 Å². The zero-order valence-corrected chi connectivity index (χ0v) is 30.9. The van der Waals surface area contributed by atoms with Crippen molar-refractivity contribution in [3.05, 3.63) is 145 Å². The molecule has 0 amide bonds. The average molecular weight is 852 g/mol. The molecule has 244 valence electrons. The van der Waals surface area contributed by atoms with Gasteiger partial charge in [-0.25, -0.2) is 0 Å². The van der Waals surface area contributed by atoms with Gasteiger partial charge in [0.05, 0.1) is 0 Å². The van der Waals surface area contributed by atoms with E-state index in [0.29, 0.717) is 10.8 Å². The number of anilines is 4. The fourth-order valence-electron chi connectivity index (χ4n) is 6.45. The Morgan fingerprint density at radius 2 is 1.55 bits per heavy atom. The number of fused-ring (bicyclic) bond motifs is 4. The normalized spacial score (nSPS) is 12.9. The number of ether oxygens (including phenoxy) is 1. The molecule has 0 saturated carbocycles. The van der Waals surface area contributed by atoms with Crippen molar-refractivity contribution in [2.24, 2.45) is 0 Å². The van der Waals surface area contributed by atoms with E-state index >= 15 is 0 Å². The van der Waals surface area contributed by atoms with Gasteiger partial charge in [-0.3, -0.25) is 4.98 Å². The minimum atomic E-state index is 0. The van der Waals surface area contributed by atoms with Gasteiger partial charge in [0.25, 0.3) is 0 Å². The molecule has 0 fully saturated rings. The van der Waals surface area contributed by atoms with Crippen LogP contribution in [0.2, 0.25) is 0 Å². The van der Waals surface area contributed by atoms with Gasteiger partial charge in [0.15, 0.2) is 0 Å². The van der Waals surface area contributed by atoms with Gasteiger partial charge in [0.1, 0.15) is 5.06 Å². The number of aromatic nitrogens is 1. The van der Waals surface area contributed by atoms with Gasteiger partial charge in [-0.15, -0.1) is 48.0 Å². The van der Waals surface area contributed by atoms with Crippen molar-refractivity contribution in [1.29, 1.82) is 0 Å². The number of benzene rings is 5. The van der Waals surface area contributed by atoms with E-state index in [0.717, 1.165) is 44.1 Å². The Kier molecular flexibility index (Phi) is 8.07. The maximum Gasteiger partial charge on any atom is 0.107 e. The number of rotatable bonds is 5. The number of thiophene rings is 2. The molecule has 0 atom stereocenters. The van der Waals surface area contributed by atoms with Gasteiger partial charge in [-0.05, 0) is 81.7 Å². The molecular weight excluding hydrogens is 822 g/mol. The van der Waals surface area contributed by atoms with E-state index in [1.165, 1.54) is 26.4 Å². The number of hydrogen-bond acceptors (Lipinski definition) is 6. The van der Waals surface area contributed by atoms with Crippen molar-refractivity contribution >= 4 is 76.4 Å². The van der Waals surface area contributed by atoms with Crippen LogP contribution in [0.5, 0.6) is 10.8 Å². The summed E-state index contributed by atoms with van der Waals surface area (Å²) in [5.74, 6) is 0.638. The minimum Gasteiger partial charge on any atom is -0.493 e. The Bertz CT molecular complexity index is 2480. The molecule has 0 spiro atoms. The molecule has 1 aliphatic rings. The molecule has 4 nitrogen and oxygen atoms in total. The molecule has 0 bridgehead atoms. The van der Waals surface area contributed by atoms with Crippen molar-refractivity contribution in [3.8, 4) is 22.1 Å². The molecule has 0 radical (unpaired) electrons. The van der Waals surface area contributed by atoms with E-state index in [2.05, 4.69) is 146 Å². The van der Waals surface area contributed by atoms with Gasteiger partial charge in [-0.1, -0.05) is 72.8 Å². The molecule has 0 saturated heterocycles. The van der Waals surface area contributed by atoms with Crippen LogP contribution in [0.3, 0.4) is 0 Å². The molecule has 0 N–H and O–H groups in total. The van der Waals surface area contributed by atoms with Crippen LogP contribution < -0.4 is 14.5 Å². The van der Waals surface area contributed by atoms with Gasteiger partial charge in [-0.2, -0.15) is 22.8 Å². The zero-order chi connectivity index (χ0) is 32.4. The predicted molar refractivity (Wildman–Crippen MR) is 202 cm³/mol. The smallest absolute Gasteiger partial charge is 0.107 e. The molecule has 0 unspecified atom stereocenters. The van der Waals surface area contributed by atoms with Crippen LogP contribution >= 0.6 is 22.7 Å². The van der Waals surface area contributed by atoms with E-state index in [1.807, 2.05) is 24.4 Å². The summed E-state index contributed by atoms with van der Waals surface area (Å²) in [4.78, 5) is 9.28. The summed E-state index contributed by atoms with van der Waals surface area (Å²) in [6.07, 6.45) is 1.93. The van der Waals surface area contributed by atoms with E-state index in [4.69, 9.17) is 9.72 Å². The number of hydrogen-bond donors (Lipinski definition) is 0. The second-order valence-electron chi connectivity index (χ2n) is 13.0. The van der Waals surface area contributed by atoms with E-state index in [-0.39, 0.29) is 26.5 Å². The van der Waals surface area contributed by atoms with E-state index in [9.17, 15) is 0 Å². The molecule has 9 rings (SSSR count). The van der Waals surface area contributed by atoms with Gasteiger partial charge < -0.3 is 14.5 Å². The minimum absolute atomic E-state index is 0. The first-order valence-corrected chi connectivity index (χ1v) is 17.6. The molecule has 49 heavy (non-hydrogen) atoms. The first-order chi connectivity index (χ1) is 23.4. The van der Waals surface area contributed by atoms with Crippen LogP contribution in [0.4, 0.5) is 22.7 Å². The molecular formula is C42H30N3OPtS2-3. The van der Waals surface area contributed by atoms with Crippen LogP contribution in [0, 0.1) is 18.8 Å². The Hall–Kier alpha value is -4.48. The second-order valence-corrected chi connectivity index (χ2v) is 15.0. The average Bonchev–Trinajstić information content (AvgIpc) is 3.83. The first-order valence-electron chi connectivity index (χ1n) is 15.9. The summed E-state index contributed by atoms with van der Waals surface area (Å²) in [6.45, 7) is 8.84. The zero-order valence-electron chi connectivity index (χ0n) is 27.0. The van der Waals surface area contributed by atoms with Crippen molar-refractivity contribution in [1.82, 2.24) is 4.98 Å². The Balaban J connectivity index is 0.00000348. The van der Waals surface area contributed by atoms with Crippen LogP contribution in [-0.2, 0) is 26.5 Å². The van der Waals surface area contributed by atoms with Crippen LogP contribution in [0.25, 0.3) is 42.2 Å². The molecule has 4 heterocycles. The summed E-state index contributed by atoms with van der Waals surface area (Å²) in [5, 5.41) is 7.49. The molecule has 1 aliphatic heterocycles. The largest absolute Gasteiger partial charge is 0.493 e. The maximum absolute atomic E-state index is 6.56. The summed E-state index contributed by atoms with van der Waals surface area (Å²) < 4.78 is 8.93. The number of pyridine rings is 1. The van der Waals surface area contributed by atoms with Crippen molar-refractivity contribution in [2.45, 2.75) is 26.2 Å². The molecule has 7 heteroatoms. The van der Waals surface area contributed by atoms with Gasteiger partial charge in [0, 0.05) is 60.5 Å². The molecule has 0 aliphatic carbocycles.